The summed E-state index contributed by atoms with van der Waals surface area (Å²) in [6.45, 7) is 50.1. The van der Waals surface area contributed by atoms with Gasteiger partial charge in [-0.05, 0) is 198 Å². The summed E-state index contributed by atoms with van der Waals surface area (Å²) in [4.78, 5) is 0. The minimum absolute atomic E-state index is 0.146. The van der Waals surface area contributed by atoms with Gasteiger partial charge in [0.05, 0.1) is 35.1 Å². The number of rotatable bonds is 30. The molecule has 2 aromatic rings. The zero-order chi connectivity index (χ0) is 62.1. The minimum Gasteiger partial charge on any atom is -0.409 e. The molecule has 0 radical (unpaired) electrons. The molecule has 1 heterocycles. The Kier molecular flexibility index (Phi) is 32.9. The van der Waals surface area contributed by atoms with E-state index in [1.165, 1.54) is 71.9 Å². The first-order valence-electron chi connectivity index (χ1n) is 32.4. The van der Waals surface area contributed by atoms with Crippen molar-refractivity contribution >= 4 is 26.6 Å². The third-order valence-corrected chi connectivity index (χ3v) is 23.5. The van der Waals surface area contributed by atoms with Gasteiger partial charge in [-0.25, -0.2) is 0 Å². The normalized spacial score (nSPS) is 19.0. The molecule has 0 unspecified atom stereocenters. The van der Waals surface area contributed by atoms with Gasteiger partial charge in [-0.2, -0.15) is 0 Å². The third-order valence-electron chi connectivity index (χ3n) is 17.4. The van der Waals surface area contributed by atoms with Crippen molar-refractivity contribution in [2.45, 2.75) is 312 Å². The second-order valence-electron chi connectivity index (χ2n) is 28.5. The molecule has 6 nitrogen and oxygen atoms in total. The van der Waals surface area contributed by atoms with Gasteiger partial charge < -0.3 is 29.1 Å². The van der Waals surface area contributed by atoms with Crippen molar-refractivity contribution in [1.29, 1.82) is 0 Å². The molecule has 1 aliphatic carbocycles. The van der Waals surface area contributed by atoms with E-state index in [0.29, 0.717) is 40.8 Å². The van der Waals surface area contributed by atoms with Gasteiger partial charge in [0.15, 0.2) is 0 Å². The zero-order valence-corrected chi connectivity index (χ0v) is 57.2. The molecule has 0 aromatic heterocycles. The van der Waals surface area contributed by atoms with E-state index in [0.717, 1.165) is 93.8 Å². The molecular formula is C74H123BO6Si. The van der Waals surface area contributed by atoms with Crippen molar-refractivity contribution in [3.63, 3.8) is 0 Å². The highest BCUT2D eigenvalue weighted by Gasteiger charge is 2.50. The molecular weight excluding hydrogens is 1020 g/mol. The van der Waals surface area contributed by atoms with Crippen LogP contribution in [0.15, 0.2) is 96.5 Å². The fraction of sp³-hybridized carbons (Fsp3) is 0.676. The van der Waals surface area contributed by atoms with Crippen LogP contribution in [-0.2, 0) is 26.6 Å². The number of benzene rings is 2. The molecule has 2 fully saturated rings. The van der Waals surface area contributed by atoms with Crippen LogP contribution in [0.25, 0.3) is 11.1 Å². The smallest absolute Gasteiger partial charge is 0.409 e. The van der Waals surface area contributed by atoms with E-state index in [1.54, 1.807) is 0 Å². The third kappa shape index (κ3) is 26.6. The molecule has 4 atom stereocenters. The molecule has 1 saturated carbocycles. The molecule has 2 aromatic carbocycles. The summed E-state index contributed by atoms with van der Waals surface area (Å²) >= 11 is 0. The number of allylic oxidation sites excluding steroid dienone is 4. The van der Waals surface area contributed by atoms with Gasteiger partial charge >= 0.3 is 7.12 Å². The van der Waals surface area contributed by atoms with E-state index in [4.69, 9.17) is 20.2 Å². The van der Waals surface area contributed by atoms with Gasteiger partial charge in [0, 0.05) is 12.8 Å². The van der Waals surface area contributed by atoms with Crippen molar-refractivity contribution in [2.24, 2.45) is 11.3 Å². The molecule has 1 aliphatic heterocycles. The number of hydrogen-bond donors (Lipinski definition) is 3. The molecule has 2 aliphatic rings. The lowest BCUT2D eigenvalue weighted by Gasteiger charge is -2.45. The summed E-state index contributed by atoms with van der Waals surface area (Å²) in [6.07, 6.45) is 29.7. The van der Waals surface area contributed by atoms with Crippen LogP contribution in [0.3, 0.4) is 0 Å². The highest BCUT2D eigenvalue weighted by atomic mass is 28.4. The fourth-order valence-electron chi connectivity index (χ4n) is 11.7. The first-order chi connectivity index (χ1) is 38.2. The predicted molar refractivity (Wildman–Crippen MR) is 361 cm³/mol. The largest absolute Gasteiger partial charge is 0.487 e. The van der Waals surface area contributed by atoms with Gasteiger partial charge in [0.1, 0.15) is 0 Å². The molecule has 0 bridgehead atoms. The van der Waals surface area contributed by atoms with E-state index < -0.39 is 26.1 Å². The maximum absolute atomic E-state index is 10.1. The molecule has 4 rings (SSSR count). The lowest BCUT2D eigenvalue weighted by molar-refractivity contribution is 0.00578. The first kappa shape index (κ1) is 74.8. The van der Waals surface area contributed by atoms with Crippen LogP contribution in [-0.4, -0.2) is 65.9 Å². The van der Waals surface area contributed by atoms with Crippen LogP contribution in [0.2, 0.25) is 16.6 Å². The Balaban J connectivity index is 0.000000429. The number of terminal acetylenes is 1. The second-order valence-corrected chi connectivity index (χ2v) is 33.9. The fourth-order valence-corrected chi connectivity index (χ4v) is 17.3. The molecule has 82 heavy (non-hydrogen) atoms. The topological polar surface area (TPSA) is 88.4 Å². The van der Waals surface area contributed by atoms with E-state index in [1.807, 2.05) is 19.9 Å². The quantitative estimate of drug-likeness (QED) is 0.0313. The van der Waals surface area contributed by atoms with Gasteiger partial charge in [0.2, 0.25) is 8.32 Å². The summed E-state index contributed by atoms with van der Waals surface area (Å²) in [7, 11) is -2.13. The summed E-state index contributed by atoms with van der Waals surface area (Å²) < 4.78 is 19.4. The minimum atomic E-state index is -1.86. The maximum atomic E-state index is 10.1. The Hall–Kier alpha value is -3.26. The van der Waals surface area contributed by atoms with E-state index in [2.05, 4.69) is 197 Å². The maximum Gasteiger partial charge on any atom is 0.487 e. The zero-order valence-electron chi connectivity index (χ0n) is 56.2. The van der Waals surface area contributed by atoms with Crippen LogP contribution in [0.4, 0.5) is 0 Å². The van der Waals surface area contributed by atoms with Crippen LogP contribution < -0.4 is 0 Å². The summed E-state index contributed by atoms with van der Waals surface area (Å²) in [5.74, 6) is 5.47. The SMILES string of the molecule is C#CC[C@@H](C)C[C@H](O[Si](C(C)C)(C(C)C)C(C)C)C(=C)C.C=C1/C(=C\C=C(/CCCC)c2cccc(CCCCCC(C)(C)O)c2)C[C@@H](O)C[C@@H]1O.CCCC/C(=C\B1OC(C)(C)C(C)(C)O1)c1cccc(CCCCCC(C)(C)C)c1. The molecule has 462 valence electrons. The number of aliphatic hydroxyl groups is 3. The molecule has 0 amide bonds. The number of unbranched alkanes of at least 4 members (excludes halogenated alkanes) is 6. The molecule has 0 spiro atoms. The van der Waals surface area contributed by atoms with Crippen molar-refractivity contribution in [3.05, 3.63) is 119 Å². The summed E-state index contributed by atoms with van der Waals surface area (Å²) in [5, 5.41) is 30.0. The van der Waals surface area contributed by atoms with Gasteiger partial charge in [0.25, 0.3) is 0 Å². The number of aryl methyl sites for hydroxylation is 2. The van der Waals surface area contributed by atoms with Crippen LogP contribution >= 0.6 is 0 Å². The lowest BCUT2D eigenvalue weighted by atomic mass is 9.83. The summed E-state index contributed by atoms with van der Waals surface area (Å²) in [6, 6.07) is 17.9. The van der Waals surface area contributed by atoms with Gasteiger partial charge in [-0.15, -0.1) is 12.3 Å². The van der Waals surface area contributed by atoms with Crippen molar-refractivity contribution < 1.29 is 29.1 Å². The highest BCUT2D eigenvalue weighted by molar-refractivity contribution is 6.77. The Morgan fingerprint density at radius 1 is 0.768 bits per heavy atom. The van der Waals surface area contributed by atoms with Crippen LogP contribution in [0.5, 0.6) is 0 Å². The van der Waals surface area contributed by atoms with Crippen LogP contribution in [0.1, 0.15) is 269 Å². The Morgan fingerprint density at radius 2 is 1.26 bits per heavy atom. The number of aliphatic hydroxyl groups excluding tert-OH is 2. The Morgan fingerprint density at radius 3 is 1.71 bits per heavy atom. The molecule has 1 saturated heterocycles. The van der Waals surface area contributed by atoms with Gasteiger partial charge in [-0.3, -0.25) is 0 Å². The van der Waals surface area contributed by atoms with Crippen molar-refractivity contribution in [3.8, 4) is 12.3 Å². The standard InChI is InChI=1S/C28H42O3.C27H45BO2.C19H36OSi/c1-5-6-13-23(15-16-24-19-26(29)20-27(30)21(24)2)25-14-10-12-22(18-25)11-8-7-9-17-28(3,4)31;1-9-10-17-24(21-28-29-26(5,6)27(7,8)30-28)23-18-14-16-22(20-23)15-12-11-13-19-25(2,3)4;1-11-12-18(10)13-19(14(2)3)20-21(15(4)5,16(6)7)17(8)9/h10,12,14-16,18,26-27,29-31H,2,5-9,11,13,17,19-20H2,1,3-4H3;14,16,18,20-21H,9-13,15,17,19H2,1-8H3;1,15-19H,2,12-13H2,3-10H3/b23-15+,24-16-;24-21+;/t26-,27+;;18-,19+/m1.1/s1. The van der Waals surface area contributed by atoms with E-state index in [9.17, 15) is 15.3 Å². The second kappa shape index (κ2) is 36.0. The number of hydrogen-bond acceptors (Lipinski definition) is 6. The Labute approximate surface area is 507 Å². The highest BCUT2D eigenvalue weighted by Crippen LogP contribution is 2.45. The molecule has 8 heteroatoms. The first-order valence-corrected chi connectivity index (χ1v) is 34.5. The van der Waals surface area contributed by atoms with E-state index >= 15 is 0 Å². The lowest BCUT2D eigenvalue weighted by Crippen LogP contribution is -2.50. The van der Waals surface area contributed by atoms with Crippen LogP contribution in [0, 0.1) is 23.7 Å². The average molecular weight is 1150 g/mol. The van der Waals surface area contributed by atoms with Crippen molar-refractivity contribution in [2.75, 3.05) is 0 Å². The molecule has 3 N–H and O–H groups in total. The Bertz CT molecular complexity index is 2290. The van der Waals surface area contributed by atoms with Crippen molar-refractivity contribution in [1.82, 2.24) is 0 Å². The summed E-state index contributed by atoms with van der Waals surface area (Å²) in [5.41, 5.74) is 11.9. The monoisotopic (exact) mass is 1150 g/mol. The van der Waals surface area contributed by atoms with E-state index in [-0.39, 0.29) is 24.4 Å². The average Bonchev–Trinajstić information content (AvgIpc) is 3.50. The van der Waals surface area contributed by atoms with Gasteiger partial charge in [-0.1, -0.05) is 207 Å². The predicted octanol–water partition coefficient (Wildman–Crippen LogP) is 20.3.